The molecule has 3 aromatic rings. The number of fused-ring (bicyclic) bond motifs is 1. The zero-order chi connectivity index (χ0) is 15.4. The monoisotopic (exact) mass is 298 g/mol. The molecule has 1 aromatic carbocycles. The van der Waals surface area contributed by atoms with E-state index in [0.717, 1.165) is 0 Å². The lowest BCUT2D eigenvalue weighted by molar-refractivity contribution is -0.118. The Kier molecular flexibility index (Phi) is 3.86. The standard InChI is InChI=1S/C15H14N4O3/c1-21-12-6-4-5-11(9-12)16-14(20)10-22-15-18-17-13-7-2-3-8-19(13)15/h2-9H,10H2,1H3,(H,16,20). The molecule has 2 aromatic heterocycles. The number of carbonyl (C=O) groups excluding carboxylic acids is 1. The molecule has 1 N–H and O–H groups in total. The van der Waals surface area contributed by atoms with Crippen LogP contribution in [0.1, 0.15) is 0 Å². The fourth-order valence-electron chi connectivity index (χ4n) is 1.95. The van der Waals surface area contributed by atoms with Crippen LogP contribution in [0.4, 0.5) is 5.69 Å². The van der Waals surface area contributed by atoms with Gasteiger partial charge in [-0.2, -0.15) is 0 Å². The molecule has 0 aliphatic heterocycles. The molecule has 0 spiro atoms. The van der Waals surface area contributed by atoms with Gasteiger partial charge in [0.2, 0.25) is 0 Å². The van der Waals surface area contributed by atoms with Crippen LogP contribution >= 0.6 is 0 Å². The first-order valence-electron chi connectivity index (χ1n) is 6.63. The molecule has 0 radical (unpaired) electrons. The molecule has 0 aliphatic rings. The number of hydrogen-bond donors (Lipinski definition) is 1. The number of nitrogens with one attached hydrogen (secondary N) is 1. The van der Waals surface area contributed by atoms with E-state index in [0.29, 0.717) is 17.1 Å². The lowest BCUT2D eigenvalue weighted by Gasteiger charge is -2.07. The summed E-state index contributed by atoms with van der Waals surface area (Å²) in [6, 6.07) is 12.8. The largest absolute Gasteiger partial charge is 0.497 e. The summed E-state index contributed by atoms with van der Waals surface area (Å²) < 4.78 is 12.2. The summed E-state index contributed by atoms with van der Waals surface area (Å²) in [5, 5.41) is 10.6. The first-order chi connectivity index (χ1) is 10.8. The Labute approximate surface area is 126 Å². The summed E-state index contributed by atoms with van der Waals surface area (Å²) in [6.07, 6.45) is 1.77. The molecule has 22 heavy (non-hydrogen) atoms. The molecular weight excluding hydrogens is 284 g/mol. The highest BCUT2D eigenvalue weighted by Crippen LogP contribution is 2.16. The van der Waals surface area contributed by atoms with E-state index in [1.54, 1.807) is 48.0 Å². The number of rotatable bonds is 5. The molecule has 0 unspecified atom stereocenters. The van der Waals surface area contributed by atoms with Crippen molar-refractivity contribution >= 4 is 17.2 Å². The fraction of sp³-hybridized carbons (Fsp3) is 0.133. The van der Waals surface area contributed by atoms with Gasteiger partial charge < -0.3 is 14.8 Å². The average Bonchev–Trinajstić information content (AvgIpc) is 2.96. The topological polar surface area (TPSA) is 77.8 Å². The highest BCUT2D eigenvalue weighted by atomic mass is 16.5. The van der Waals surface area contributed by atoms with E-state index in [4.69, 9.17) is 9.47 Å². The van der Waals surface area contributed by atoms with Crippen LogP contribution in [0.15, 0.2) is 48.7 Å². The molecular formula is C15H14N4O3. The van der Waals surface area contributed by atoms with E-state index in [2.05, 4.69) is 15.5 Å². The predicted molar refractivity (Wildman–Crippen MR) is 80.1 cm³/mol. The number of carbonyl (C=O) groups is 1. The first kappa shape index (κ1) is 13.9. The second kappa shape index (κ2) is 6.13. The van der Waals surface area contributed by atoms with Crippen LogP contribution in [0, 0.1) is 0 Å². The summed E-state index contributed by atoms with van der Waals surface area (Å²) in [6.45, 7) is -0.160. The maximum Gasteiger partial charge on any atom is 0.322 e. The van der Waals surface area contributed by atoms with Crippen molar-refractivity contribution in [2.24, 2.45) is 0 Å². The number of methoxy groups -OCH3 is 1. The third-order valence-corrected chi connectivity index (χ3v) is 2.97. The van der Waals surface area contributed by atoms with Gasteiger partial charge in [0.1, 0.15) is 5.75 Å². The van der Waals surface area contributed by atoms with Gasteiger partial charge in [-0.1, -0.05) is 17.2 Å². The van der Waals surface area contributed by atoms with Gasteiger partial charge in [0.15, 0.2) is 12.3 Å². The van der Waals surface area contributed by atoms with Crippen molar-refractivity contribution in [2.75, 3.05) is 19.0 Å². The van der Waals surface area contributed by atoms with Gasteiger partial charge in [-0.25, -0.2) is 0 Å². The molecule has 0 aliphatic carbocycles. The molecule has 0 bridgehead atoms. The third-order valence-electron chi connectivity index (χ3n) is 2.97. The molecule has 112 valence electrons. The number of benzene rings is 1. The lowest BCUT2D eigenvalue weighted by Crippen LogP contribution is -2.20. The molecule has 7 nitrogen and oxygen atoms in total. The zero-order valence-electron chi connectivity index (χ0n) is 11.9. The van der Waals surface area contributed by atoms with E-state index >= 15 is 0 Å². The molecule has 0 atom stereocenters. The van der Waals surface area contributed by atoms with Gasteiger partial charge in [-0.3, -0.25) is 9.20 Å². The molecule has 0 fully saturated rings. The second-order valence-electron chi connectivity index (χ2n) is 4.48. The summed E-state index contributed by atoms with van der Waals surface area (Å²) >= 11 is 0. The molecule has 3 rings (SSSR count). The number of anilines is 1. The smallest absolute Gasteiger partial charge is 0.322 e. The maximum atomic E-state index is 11.9. The summed E-state index contributed by atoms with van der Waals surface area (Å²) in [7, 11) is 1.57. The Morgan fingerprint density at radius 2 is 2.14 bits per heavy atom. The van der Waals surface area contributed by atoms with Crippen LogP contribution in [0.2, 0.25) is 0 Å². The van der Waals surface area contributed by atoms with Crippen molar-refractivity contribution < 1.29 is 14.3 Å². The average molecular weight is 298 g/mol. The van der Waals surface area contributed by atoms with Crippen LogP contribution in [0.3, 0.4) is 0 Å². The molecule has 7 heteroatoms. The van der Waals surface area contributed by atoms with Crippen LogP contribution in [-0.2, 0) is 4.79 Å². The van der Waals surface area contributed by atoms with Crippen LogP contribution in [0.25, 0.3) is 5.65 Å². The Bertz CT molecular complexity index is 800. The van der Waals surface area contributed by atoms with Gasteiger partial charge in [-0.15, -0.1) is 5.10 Å². The Morgan fingerprint density at radius 3 is 3.00 bits per heavy atom. The van der Waals surface area contributed by atoms with Crippen molar-refractivity contribution in [3.63, 3.8) is 0 Å². The summed E-state index contributed by atoms with van der Waals surface area (Å²) in [4.78, 5) is 11.9. The highest BCUT2D eigenvalue weighted by Gasteiger charge is 2.09. The van der Waals surface area contributed by atoms with Crippen molar-refractivity contribution in [2.45, 2.75) is 0 Å². The number of amides is 1. The normalized spacial score (nSPS) is 10.4. The number of pyridine rings is 1. The van der Waals surface area contributed by atoms with E-state index < -0.39 is 0 Å². The van der Waals surface area contributed by atoms with Gasteiger partial charge in [0.05, 0.1) is 7.11 Å². The Morgan fingerprint density at radius 1 is 1.23 bits per heavy atom. The number of nitrogens with zero attached hydrogens (tertiary/aromatic N) is 3. The fourth-order valence-corrected chi connectivity index (χ4v) is 1.95. The van der Waals surface area contributed by atoms with Gasteiger partial charge in [0, 0.05) is 18.0 Å². The predicted octanol–water partition coefficient (Wildman–Crippen LogP) is 1.76. The Hall–Kier alpha value is -3.09. The van der Waals surface area contributed by atoms with E-state index in [1.807, 2.05) is 12.1 Å². The Balaban J connectivity index is 1.62. The molecule has 1 amide bonds. The van der Waals surface area contributed by atoms with Gasteiger partial charge in [0.25, 0.3) is 5.91 Å². The van der Waals surface area contributed by atoms with Crippen LogP contribution in [0.5, 0.6) is 11.8 Å². The maximum absolute atomic E-state index is 11.9. The molecule has 0 saturated carbocycles. The lowest BCUT2D eigenvalue weighted by atomic mass is 10.3. The van der Waals surface area contributed by atoms with Crippen LogP contribution < -0.4 is 14.8 Å². The zero-order valence-corrected chi connectivity index (χ0v) is 11.9. The van der Waals surface area contributed by atoms with Gasteiger partial charge >= 0.3 is 6.01 Å². The first-order valence-corrected chi connectivity index (χ1v) is 6.63. The highest BCUT2D eigenvalue weighted by molar-refractivity contribution is 5.92. The SMILES string of the molecule is COc1cccc(NC(=O)COc2nnc3ccccn23)c1. The van der Waals surface area contributed by atoms with E-state index in [9.17, 15) is 4.79 Å². The van der Waals surface area contributed by atoms with Crippen molar-refractivity contribution in [3.8, 4) is 11.8 Å². The third kappa shape index (κ3) is 2.98. The number of aromatic nitrogens is 3. The number of hydrogen-bond acceptors (Lipinski definition) is 5. The van der Waals surface area contributed by atoms with Crippen LogP contribution in [-0.4, -0.2) is 34.2 Å². The van der Waals surface area contributed by atoms with Crippen molar-refractivity contribution in [1.29, 1.82) is 0 Å². The molecule has 2 heterocycles. The minimum atomic E-state index is -0.291. The quantitative estimate of drug-likeness (QED) is 0.776. The van der Waals surface area contributed by atoms with E-state index in [1.165, 1.54) is 0 Å². The molecule has 0 saturated heterocycles. The summed E-state index contributed by atoms with van der Waals surface area (Å²) in [5.41, 5.74) is 1.30. The minimum absolute atomic E-state index is 0.160. The van der Waals surface area contributed by atoms with Crippen molar-refractivity contribution in [3.05, 3.63) is 48.7 Å². The van der Waals surface area contributed by atoms with Gasteiger partial charge in [-0.05, 0) is 24.3 Å². The van der Waals surface area contributed by atoms with Crippen molar-refractivity contribution in [1.82, 2.24) is 14.6 Å². The number of ether oxygens (including phenoxy) is 2. The minimum Gasteiger partial charge on any atom is -0.497 e. The van der Waals surface area contributed by atoms with E-state index in [-0.39, 0.29) is 18.5 Å². The second-order valence-corrected chi connectivity index (χ2v) is 4.48. The summed E-state index contributed by atoms with van der Waals surface area (Å²) in [5.74, 6) is 0.378.